The summed E-state index contributed by atoms with van der Waals surface area (Å²) < 4.78 is 0. The fourth-order valence-corrected chi connectivity index (χ4v) is 19.8. The lowest BCUT2D eigenvalue weighted by molar-refractivity contribution is 0.282. The molecule has 0 aromatic heterocycles. The Balaban J connectivity index is -0.000000139. The molecule has 10 fully saturated rings. The van der Waals surface area contributed by atoms with E-state index in [-0.39, 0.29) is 0 Å². The summed E-state index contributed by atoms with van der Waals surface area (Å²) in [6, 6.07) is 0. The van der Waals surface area contributed by atoms with Crippen LogP contribution in [0.3, 0.4) is 0 Å². The third-order valence-corrected chi connectivity index (χ3v) is 29.4. The first-order valence-electron chi connectivity index (χ1n) is 56.7. The van der Waals surface area contributed by atoms with Gasteiger partial charge in [0, 0.05) is 0 Å². The summed E-state index contributed by atoms with van der Waals surface area (Å²) in [5, 5.41) is 0. The van der Waals surface area contributed by atoms with Crippen molar-refractivity contribution in [3.8, 4) is 0 Å². The highest BCUT2D eigenvalue weighted by molar-refractivity contribution is 5.01. The van der Waals surface area contributed by atoms with E-state index in [2.05, 4.69) is 277 Å². The Morgan fingerprint density at radius 3 is 0.549 bits per heavy atom. The predicted molar refractivity (Wildman–Crippen MR) is 582 cm³/mol. The molecule has 10 rings (SSSR count). The van der Waals surface area contributed by atoms with Crippen molar-refractivity contribution in [1.29, 1.82) is 0 Å². The molecule has 0 aliphatic heterocycles. The van der Waals surface area contributed by atoms with Crippen LogP contribution in [0.25, 0.3) is 0 Å². The van der Waals surface area contributed by atoms with E-state index in [0.717, 1.165) is 187 Å². The van der Waals surface area contributed by atoms with Gasteiger partial charge in [0.2, 0.25) is 0 Å². The summed E-state index contributed by atoms with van der Waals surface area (Å²) in [7, 11) is 0. The van der Waals surface area contributed by atoms with E-state index in [1.807, 2.05) is 138 Å². The first-order valence-corrected chi connectivity index (χ1v) is 56.7. The van der Waals surface area contributed by atoms with Gasteiger partial charge in [-0.2, -0.15) is 5.92 Å². The van der Waals surface area contributed by atoms with Gasteiger partial charge < -0.3 is 6.92 Å². The zero-order valence-corrected chi connectivity index (χ0v) is 98.7. The van der Waals surface area contributed by atoms with E-state index < -0.39 is 0 Å². The number of hydrogen-bond donors (Lipinski definition) is 0. The molecule has 122 heavy (non-hydrogen) atoms. The normalized spacial score (nSPS) is 22.5. The minimum Gasteiger partial charge on any atom is -0.340 e. The molecule has 752 valence electrons. The minimum atomic E-state index is 0.639. The van der Waals surface area contributed by atoms with Crippen LogP contribution in [-0.4, -0.2) is 0 Å². The molecule has 0 nitrogen and oxygen atoms in total. The Kier molecular flexibility index (Phi) is 92.8. The van der Waals surface area contributed by atoms with E-state index in [0.29, 0.717) is 11.3 Å². The summed E-state index contributed by atoms with van der Waals surface area (Å²) in [5.41, 5.74) is 4.54. The number of rotatable bonds is 30. The van der Waals surface area contributed by atoms with Crippen LogP contribution in [0.1, 0.15) is 588 Å². The van der Waals surface area contributed by atoms with Gasteiger partial charge in [-0.15, -0.1) is 0 Å². The molecule has 0 heteroatoms. The van der Waals surface area contributed by atoms with Crippen LogP contribution in [0.15, 0.2) is 0 Å². The molecule has 0 aromatic carbocycles. The third-order valence-electron chi connectivity index (χ3n) is 29.4. The standard InChI is InChI=1S/4C11H22.4C10H20.C9H17.C9H18.10C2H6/c1-9(2)7-11(5-6-11)8-10(3)4;2*1-9(2)5-6-11(7-8-11)10(3)4;1-8(2)10-5-6-11(7-10)9(3)4;2*1-7(2)5-9-6-10(9)8(3)4;2*1-8(2)7-10(5-6-10)9(3)4;1-7(2)9(5-6-9)8(3)4;1-6(2)8-5-9(8)7(3)4;10*1-2/h3*9-10H,5-8H2,1-4H3;8-11H,5-7H2,1-4H3;2*7-10H,5-6H2,1-4H3;2*8-9H,5-7H2,1-4H3;7-8H,1,5-6H2,2-4H3;6-9H,5H2,1-4H3;10*1-2H3/q;;;;;;;;-1;;;;;;;;;;;. The lowest BCUT2D eigenvalue weighted by Crippen LogP contribution is -2.16. The first kappa shape index (κ1) is 142. The molecule has 9 unspecified atom stereocenters. The lowest BCUT2D eigenvalue weighted by Gasteiger charge is -2.28. The second-order valence-corrected chi connectivity index (χ2v) is 46.1. The monoisotopic (exact) mass is 1730 g/mol. The molecular formula is C122H263-. The Morgan fingerprint density at radius 2 is 0.451 bits per heavy atom. The summed E-state index contributed by atoms with van der Waals surface area (Å²) >= 11 is 0. The van der Waals surface area contributed by atoms with Crippen LogP contribution >= 0.6 is 0 Å². The maximum absolute atomic E-state index is 4.09. The van der Waals surface area contributed by atoms with E-state index in [9.17, 15) is 0 Å². The Morgan fingerprint density at radius 1 is 0.221 bits per heavy atom. The summed E-state index contributed by atoms with van der Waals surface area (Å²) in [5.74, 6) is 26.4. The highest BCUT2D eigenvalue weighted by Crippen LogP contribution is 2.60. The quantitative estimate of drug-likeness (QED) is 0.0629. The number of hydrogen-bond acceptors (Lipinski definition) is 0. The Bertz CT molecular complexity index is 1920. The van der Waals surface area contributed by atoms with E-state index in [1.54, 1.807) is 0 Å². The molecule has 0 bridgehead atoms. The Labute approximate surface area is 788 Å². The fraction of sp³-hybridized carbons (Fsp3) is 0.992. The van der Waals surface area contributed by atoms with Crippen LogP contribution in [0.4, 0.5) is 0 Å². The molecular weight excluding hydrogens is 1470 g/mol. The van der Waals surface area contributed by atoms with Gasteiger partial charge in [0.05, 0.1) is 0 Å². The fourth-order valence-electron chi connectivity index (χ4n) is 19.8. The molecule has 10 saturated carbocycles. The van der Waals surface area contributed by atoms with Crippen LogP contribution in [0, 0.1) is 205 Å². The van der Waals surface area contributed by atoms with Crippen LogP contribution in [-0.2, 0) is 0 Å². The van der Waals surface area contributed by atoms with Gasteiger partial charge in [-0.25, -0.2) is 0 Å². The molecule has 10 aliphatic rings. The average Bonchev–Trinajstić information content (AvgIpc) is 1.64. The minimum absolute atomic E-state index is 0.639. The van der Waals surface area contributed by atoms with Crippen LogP contribution in [0.5, 0.6) is 0 Å². The lowest BCUT2D eigenvalue weighted by atomic mass is 9.82. The van der Waals surface area contributed by atoms with Crippen molar-refractivity contribution >= 4 is 0 Å². The zero-order valence-electron chi connectivity index (χ0n) is 98.7. The summed E-state index contributed by atoms with van der Waals surface area (Å²) in [4.78, 5) is 0. The SMILES string of the molecule is CC.CC.CC.CC.CC.CC.CC.CC.CC.CC.CC(C)C1CC1C(C)C.CC(C)C1CCC(C(C)C)C1.CC(C)CC1(C(C)C)CC1.CC(C)CC1(C(C)C)CC1.CC(C)CC1(CC(C)C)CC1.CC(C)CC1CC1C(C)C.CC(C)CC1CC1C(C)C.CC(C)CCC1(C(C)C)CC1.CC(C)CCC1(C(C)C)CC1.[CH2-]C(C)C1(C(C)C)CC1. The van der Waals surface area contributed by atoms with Crippen LogP contribution in [0.2, 0.25) is 0 Å². The molecule has 10 aliphatic carbocycles. The molecule has 0 N–H and O–H groups in total. The van der Waals surface area contributed by atoms with Gasteiger partial charge in [-0.1, -0.05) is 427 Å². The second-order valence-electron chi connectivity index (χ2n) is 46.1. The predicted octanol–water partition coefficient (Wildman–Crippen LogP) is 45.0. The summed E-state index contributed by atoms with van der Waals surface area (Å²) in [6.07, 6.45) is 41.3. The van der Waals surface area contributed by atoms with Gasteiger partial charge in [-0.3, -0.25) is 0 Å². The third kappa shape index (κ3) is 68.9. The highest BCUT2D eigenvalue weighted by Gasteiger charge is 2.49. The van der Waals surface area contributed by atoms with Gasteiger partial charge in [0.25, 0.3) is 0 Å². The van der Waals surface area contributed by atoms with Crippen LogP contribution < -0.4 is 0 Å². The maximum Gasteiger partial charge on any atom is -0.0272 e. The molecule has 9 atom stereocenters. The first-order chi connectivity index (χ1) is 56.9. The van der Waals surface area contributed by atoms with Gasteiger partial charge >= 0.3 is 0 Å². The summed E-state index contributed by atoms with van der Waals surface area (Å²) in [6.45, 7) is 136. The van der Waals surface area contributed by atoms with Gasteiger partial charge in [0.15, 0.2) is 0 Å². The maximum atomic E-state index is 4.09. The molecule has 0 saturated heterocycles. The molecule has 0 aromatic rings. The van der Waals surface area contributed by atoms with Crippen molar-refractivity contribution in [2.24, 2.45) is 198 Å². The van der Waals surface area contributed by atoms with E-state index >= 15 is 0 Å². The zero-order chi connectivity index (χ0) is 99.0. The average molecular weight is 1730 g/mol. The molecule has 0 amide bonds. The molecule has 0 spiro atoms. The van der Waals surface area contributed by atoms with Crippen molar-refractivity contribution in [3.63, 3.8) is 0 Å². The van der Waals surface area contributed by atoms with Gasteiger partial charge in [0.1, 0.15) is 0 Å². The van der Waals surface area contributed by atoms with Crippen molar-refractivity contribution < 1.29 is 0 Å². The topological polar surface area (TPSA) is 0 Å². The Hall–Kier alpha value is 0. The molecule has 0 radical (unpaired) electrons. The second kappa shape index (κ2) is 79.5. The van der Waals surface area contributed by atoms with Crippen molar-refractivity contribution in [3.05, 3.63) is 6.92 Å². The largest absolute Gasteiger partial charge is 0.340 e. The smallest absolute Gasteiger partial charge is 0.0272 e. The van der Waals surface area contributed by atoms with Crippen molar-refractivity contribution in [1.82, 2.24) is 0 Å². The highest BCUT2D eigenvalue weighted by atomic mass is 14.5. The van der Waals surface area contributed by atoms with Crippen molar-refractivity contribution in [2.45, 2.75) is 588 Å². The van der Waals surface area contributed by atoms with E-state index in [4.69, 9.17) is 0 Å². The van der Waals surface area contributed by atoms with E-state index in [1.165, 1.54) is 180 Å². The molecule has 0 heterocycles. The van der Waals surface area contributed by atoms with Gasteiger partial charge in [-0.05, 0) is 354 Å². The van der Waals surface area contributed by atoms with Crippen molar-refractivity contribution in [2.75, 3.05) is 0 Å².